The molecule has 1 atom stereocenters. The largest absolute Gasteiger partial charge is 0.352 e. The fraction of sp³-hybridized carbons (Fsp3) is 0.706. The lowest BCUT2D eigenvalue weighted by molar-refractivity contribution is 0.0945. The Labute approximate surface area is 132 Å². The van der Waals surface area contributed by atoms with E-state index < -0.39 is 0 Å². The second kappa shape index (κ2) is 7.18. The SMILES string of the molecule is Cc1ncncc1C(=O)NC[C@H]1CCN(C2CCCCC2)C1. The minimum atomic E-state index is -0.0470. The normalized spacial score (nSPS) is 23.6. The van der Waals surface area contributed by atoms with Crippen molar-refractivity contribution in [1.82, 2.24) is 20.2 Å². The molecule has 3 rings (SSSR count). The van der Waals surface area contributed by atoms with Gasteiger partial charge >= 0.3 is 0 Å². The summed E-state index contributed by atoms with van der Waals surface area (Å²) in [5.41, 5.74) is 1.33. The molecular formula is C17H26N4O. The van der Waals surface area contributed by atoms with Crippen LogP contribution in [0.25, 0.3) is 0 Å². The molecule has 0 radical (unpaired) electrons. The van der Waals surface area contributed by atoms with Crippen LogP contribution in [-0.2, 0) is 0 Å². The number of hydrogen-bond acceptors (Lipinski definition) is 4. The summed E-state index contributed by atoms with van der Waals surface area (Å²) < 4.78 is 0. The Morgan fingerprint density at radius 2 is 2.14 bits per heavy atom. The molecule has 1 aliphatic carbocycles. The van der Waals surface area contributed by atoms with Gasteiger partial charge in [-0.2, -0.15) is 0 Å². The van der Waals surface area contributed by atoms with Crippen molar-refractivity contribution in [3.8, 4) is 0 Å². The molecule has 2 aliphatic rings. The summed E-state index contributed by atoms with van der Waals surface area (Å²) >= 11 is 0. The summed E-state index contributed by atoms with van der Waals surface area (Å²) in [6.07, 6.45) is 11.2. The first kappa shape index (κ1) is 15.4. The molecule has 1 saturated heterocycles. The Morgan fingerprint density at radius 1 is 1.32 bits per heavy atom. The average Bonchev–Trinajstić information content (AvgIpc) is 3.03. The van der Waals surface area contributed by atoms with Gasteiger partial charge in [-0.25, -0.2) is 9.97 Å². The second-order valence-corrected chi connectivity index (χ2v) is 6.67. The third kappa shape index (κ3) is 3.64. The van der Waals surface area contributed by atoms with Gasteiger partial charge in [-0.3, -0.25) is 4.79 Å². The molecule has 1 saturated carbocycles. The van der Waals surface area contributed by atoms with E-state index in [1.165, 1.54) is 51.4 Å². The molecule has 2 fully saturated rings. The molecule has 22 heavy (non-hydrogen) atoms. The lowest BCUT2D eigenvalue weighted by Gasteiger charge is -2.31. The highest BCUT2D eigenvalue weighted by atomic mass is 16.1. The Balaban J connectivity index is 1.46. The predicted octanol–water partition coefficient (Wildman–Crippen LogP) is 2.17. The van der Waals surface area contributed by atoms with Crippen molar-refractivity contribution < 1.29 is 4.79 Å². The zero-order valence-corrected chi connectivity index (χ0v) is 13.4. The Kier molecular flexibility index (Phi) is 5.03. The van der Waals surface area contributed by atoms with E-state index in [0.717, 1.165) is 24.8 Å². The molecule has 0 unspecified atom stereocenters. The molecule has 5 nitrogen and oxygen atoms in total. The van der Waals surface area contributed by atoms with Gasteiger partial charge in [0.1, 0.15) is 6.33 Å². The Morgan fingerprint density at radius 3 is 2.91 bits per heavy atom. The first-order valence-corrected chi connectivity index (χ1v) is 8.53. The summed E-state index contributed by atoms with van der Waals surface area (Å²) in [6.45, 7) is 4.93. The molecule has 120 valence electrons. The topological polar surface area (TPSA) is 58.1 Å². The quantitative estimate of drug-likeness (QED) is 0.926. The van der Waals surface area contributed by atoms with Crippen molar-refractivity contribution in [1.29, 1.82) is 0 Å². The zero-order valence-electron chi connectivity index (χ0n) is 13.4. The van der Waals surface area contributed by atoms with Crippen LogP contribution in [0.5, 0.6) is 0 Å². The van der Waals surface area contributed by atoms with Gasteiger partial charge in [0.25, 0.3) is 5.91 Å². The highest BCUT2D eigenvalue weighted by Gasteiger charge is 2.29. The smallest absolute Gasteiger partial charge is 0.254 e. The number of rotatable bonds is 4. The molecule has 1 aromatic heterocycles. The number of likely N-dealkylation sites (tertiary alicyclic amines) is 1. The van der Waals surface area contributed by atoms with Crippen LogP contribution in [0.1, 0.15) is 54.6 Å². The highest BCUT2D eigenvalue weighted by molar-refractivity contribution is 5.94. The number of carbonyl (C=O) groups is 1. The maximum atomic E-state index is 12.2. The number of aryl methyl sites for hydroxylation is 1. The number of amides is 1. The van der Waals surface area contributed by atoms with E-state index in [1.54, 1.807) is 6.20 Å². The maximum Gasteiger partial charge on any atom is 0.254 e. The van der Waals surface area contributed by atoms with E-state index in [0.29, 0.717) is 11.5 Å². The molecule has 1 amide bonds. The van der Waals surface area contributed by atoms with Crippen LogP contribution < -0.4 is 5.32 Å². The van der Waals surface area contributed by atoms with Crippen LogP contribution in [-0.4, -0.2) is 46.5 Å². The van der Waals surface area contributed by atoms with E-state index >= 15 is 0 Å². The lowest BCUT2D eigenvalue weighted by atomic mass is 9.94. The van der Waals surface area contributed by atoms with Gasteiger partial charge in [0, 0.05) is 25.3 Å². The van der Waals surface area contributed by atoms with Gasteiger partial charge in [0.05, 0.1) is 11.3 Å². The van der Waals surface area contributed by atoms with Crippen LogP contribution in [0.4, 0.5) is 0 Å². The lowest BCUT2D eigenvalue weighted by Crippen LogP contribution is -2.36. The van der Waals surface area contributed by atoms with Crippen molar-refractivity contribution in [2.24, 2.45) is 5.92 Å². The van der Waals surface area contributed by atoms with Crippen LogP contribution in [0.15, 0.2) is 12.5 Å². The Hall–Kier alpha value is -1.49. The number of carbonyl (C=O) groups excluding carboxylic acids is 1. The molecule has 0 aromatic carbocycles. The third-order valence-electron chi connectivity index (χ3n) is 5.12. The van der Waals surface area contributed by atoms with Gasteiger partial charge in [-0.15, -0.1) is 0 Å². The summed E-state index contributed by atoms with van der Waals surface area (Å²) in [5.74, 6) is 0.532. The minimum absolute atomic E-state index is 0.0470. The maximum absolute atomic E-state index is 12.2. The highest BCUT2D eigenvalue weighted by Crippen LogP contribution is 2.27. The van der Waals surface area contributed by atoms with E-state index in [1.807, 2.05) is 6.92 Å². The molecule has 0 spiro atoms. The fourth-order valence-electron chi connectivity index (χ4n) is 3.75. The van der Waals surface area contributed by atoms with Crippen LogP contribution >= 0.6 is 0 Å². The van der Waals surface area contributed by atoms with Crippen molar-refractivity contribution in [2.75, 3.05) is 19.6 Å². The van der Waals surface area contributed by atoms with Gasteiger partial charge in [-0.05, 0) is 38.6 Å². The standard InChI is InChI=1S/C17H26N4O/c1-13-16(10-18-12-20-13)17(22)19-9-14-7-8-21(11-14)15-5-3-2-4-6-15/h10,12,14-15H,2-9,11H2,1H3,(H,19,22)/t14-/m1/s1. The predicted molar refractivity (Wildman–Crippen MR) is 85.7 cm³/mol. The van der Waals surface area contributed by atoms with E-state index in [-0.39, 0.29) is 5.91 Å². The second-order valence-electron chi connectivity index (χ2n) is 6.67. The van der Waals surface area contributed by atoms with Gasteiger partial charge in [0.2, 0.25) is 0 Å². The summed E-state index contributed by atoms with van der Waals surface area (Å²) in [7, 11) is 0. The van der Waals surface area contributed by atoms with E-state index in [2.05, 4.69) is 20.2 Å². The van der Waals surface area contributed by atoms with E-state index in [9.17, 15) is 4.79 Å². The summed E-state index contributed by atoms with van der Waals surface area (Å²) in [5, 5.41) is 3.06. The van der Waals surface area contributed by atoms with E-state index in [4.69, 9.17) is 0 Å². The number of aromatic nitrogens is 2. The van der Waals surface area contributed by atoms with Gasteiger partial charge < -0.3 is 10.2 Å². The van der Waals surface area contributed by atoms with Crippen molar-refractivity contribution in [3.05, 3.63) is 23.8 Å². The summed E-state index contributed by atoms with van der Waals surface area (Å²) in [4.78, 5) is 22.9. The number of nitrogens with zero attached hydrogens (tertiary/aromatic N) is 3. The first-order chi connectivity index (χ1) is 10.7. The van der Waals surface area contributed by atoms with Crippen molar-refractivity contribution >= 4 is 5.91 Å². The molecule has 1 aliphatic heterocycles. The molecule has 0 bridgehead atoms. The van der Waals surface area contributed by atoms with Crippen molar-refractivity contribution in [2.45, 2.75) is 51.5 Å². The summed E-state index contributed by atoms with van der Waals surface area (Å²) in [6, 6.07) is 0.791. The minimum Gasteiger partial charge on any atom is -0.352 e. The third-order valence-corrected chi connectivity index (χ3v) is 5.12. The molecule has 1 aromatic rings. The van der Waals surface area contributed by atoms with Crippen LogP contribution in [0.3, 0.4) is 0 Å². The first-order valence-electron chi connectivity index (χ1n) is 8.53. The van der Waals surface area contributed by atoms with Crippen LogP contribution in [0.2, 0.25) is 0 Å². The molecule has 2 heterocycles. The number of nitrogens with one attached hydrogen (secondary N) is 1. The van der Waals surface area contributed by atoms with Crippen molar-refractivity contribution in [3.63, 3.8) is 0 Å². The molecule has 1 N–H and O–H groups in total. The zero-order chi connectivity index (χ0) is 15.4. The Bertz CT molecular complexity index is 513. The average molecular weight is 302 g/mol. The molecular weight excluding hydrogens is 276 g/mol. The number of hydrogen-bond donors (Lipinski definition) is 1. The van der Waals surface area contributed by atoms with Gasteiger partial charge in [0.15, 0.2) is 0 Å². The van der Waals surface area contributed by atoms with Gasteiger partial charge in [-0.1, -0.05) is 19.3 Å². The molecule has 5 heteroatoms. The fourth-order valence-corrected chi connectivity index (χ4v) is 3.75. The monoisotopic (exact) mass is 302 g/mol. The van der Waals surface area contributed by atoms with Crippen LogP contribution in [0, 0.1) is 12.8 Å².